The summed E-state index contributed by atoms with van der Waals surface area (Å²) in [5, 5.41) is 17.8. The van der Waals surface area contributed by atoms with Crippen LogP contribution in [0.5, 0.6) is 5.75 Å². The lowest BCUT2D eigenvalue weighted by molar-refractivity contribution is -0.121. The van der Waals surface area contributed by atoms with E-state index >= 15 is 0 Å². The summed E-state index contributed by atoms with van der Waals surface area (Å²) in [7, 11) is 0. The average molecular weight is 433 g/mol. The number of phenolic OH excluding ortho intramolecular Hbond substituents is 1. The number of carbonyl (C=O) groups is 1. The molecule has 26 heavy (non-hydrogen) atoms. The molecule has 0 aliphatic carbocycles. The Hall–Kier alpha value is -1.73. The number of benzene rings is 2. The van der Waals surface area contributed by atoms with Crippen molar-refractivity contribution in [3.8, 4) is 5.75 Å². The van der Waals surface area contributed by atoms with E-state index in [2.05, 4.69) is 16.0 Å². The van der Waals surface area contributed by atoms with Crippen molar-refractivity contribution in [1.82, 2.24) is 10.6 Å². The predicted molar refractivity (Wildman–Crippen MR) is 110 cm³/mol. The highest BCUT2D eigenvalue weighted by molar-refractivity contribution is 7.80. The van der Waals surface area contributed by atoms with Crippen molar-refractivity contribution in [2.75, 3.05) is 5.32 Å². The second-order valence-corrected chi connectivity index (χ2v) is 8.13. The first-order valence-electron chi connectivity index (χ1n) is 7.50. The van der Waals surface area contributed by atoms with E-state index in [0.717, 1.165) is 5.56 Å². The van der Waals surface area contributed by atoms with Gasteiger partial charge >= 0.3 is 0 Å². The third-order valence-electron chi connectivity index (χ3n) is 3.22. The molecule has 0 bridgehead atoms. The van der Waals surface area contributed by atoms with Gasteiger partial charge in [0.25, 0.3) is 0 Å². The Kier molecular flexibility index (Phi) is 7.34. The molecule has 0 radical (unpaired) electrons. The number of carbonyl (C=O) groups excluding carboxylic acids is 1. The molecule has 9 heteroatoms. The minimum atomic E-state index is -1.84. The summed E-state index contributed by atoms with van der Waals surface area (Å²) >= 11 is 23.0. The van der Waals surface area contributed by atoms with Crippen LogP contribution in [0, 0.1) is 0 Å². The van der Waals surface area contributed by atoms with Crippen LogP contribution in [-0.2, 0) is 11.2 Å². The van der Waals surface area contributed by atoms with Crippen LogP contribution in [0.15, 0.2) is 54.6 Å². The third-order valence-corrected chi connectivity index (χ3v) is 4.09. The van der Waals surface area contributed by atoms with Crippen LogP contribution in [0.3, 0.4) is 0 Å². The zero-order valence-electron chi connectivity index (χ0n) is 13.4. The van der Waals surface area contributed by atoms with Gasteiger partial charge in [0.1, 0.15) is 11.9 Å². The average Bonchev–Trinajstić information content (AvgIpc) is 2.54. The van der Waals surface area contributed by atoms with E-state index in [-0.39, 0.29) is 23.2 Å². The molecule has 2 aromatic rings. The molecule has 5 nitrogen and oxygen atoms in total. The summed E-state index contributed by atoms with van der Waals surface area (Å²) in [4.78, 5) is 12.2. The normalized spacial score (nSPS) is 12.1. The Morgan fingerprint density at radius 2 is 1.77 bits per heavy atom. The van der Waals surface area contributed by atoms with Crippen LogP contribution in [0.4, 0.5) is 5.69 Å². The van der Waals surface area contributed by atoms with Gasteiger partial charge in [-0.3, -0.25) is 4.79 Å². The molecule has 0 fully saturated rings. The SMILES string of the molecule is O=C(Cc1ccccc1)N[C@H](NC(=S)Nc1cccc(O)c1)C(Cl)(Cl)Cl. The standard InChI is InChI=1S/C17H16Cl3N3O2S/c18-17(19,20)15(22-14(25)9-11-5-2-1-3-6-11)23-16(26)21-12-7-4-8-13(24)10-12/h1-8,10,15,24H,9H2,(H,22,25)(H2,21,23,26)/t15-/m1/s1. The number of rotatable bonds is 5. The Morgan fingerprint density at radius 3 is 2.38 bits per heavy atom. The molecule has 0 aliphatic heterocycles. The number of hydrogen-bond donors (Lipinski definition) is 4. The fourth-order valence-corrected chi connectivity index (χ4v) is 2.64. The molecular weight excluding hydrogens is 417 g/mol. The quantitative estimate of drug-likeness (QED) is 0.329. The zero-order chi connectivity index (χ0) is 19.2. The molecule has 0 unspecified atom stereocenters. The Bertz CT molecular complexity index is 769. The summed E-state index contributed by atoms with van der Waals surface area (Å²) in [6, 6.07) is 15.5. The molecule has 0 saturated heterocycles. The minimum Gasteiger partial charge on any atom is -0.508 e. The highest BCUT2D eigenvalue weighted by atomic mass is 35.6. The Labute approximate surface area is 171 Å². The van der Waals surface area contributed by atoms with E-state index in [0.29, 0.717) is 5.69 Å². The van der Waals surface area contributed by atoms with Crippen molar-refractivity contribution in [3.63, 3.8) is 0 Å². The molecule has 4 N–H and O–H groups in total. The lowest BCUT2D eigenvalue weighted by Crippen LogP contribution is -2.56. The van der Waals surface area contributed by atoms with Crippen molar-refractivity contribution in [1.29, 1.82) is 0 Å². The smallest absolute Gasteiger partial charge is 0.228 e. The molecular formula is C17H16Cl3N3O2S. The molecule has 2 aromatic carbocycles. The van der Waals surface area contributed by atoms with Crippen LogP contribution >= 0.6 is 47.0 Å². The Morgan fingerprint density at radius 1 is 1.08 bits per heavy atom. The topological polar surface area (TPSA) is 73.4 Å². The monoisotopic (exact) mass is 431 g/mol. The number of thiocarbonyl (C=S) groups is 1. The Balaban J connectivity index is 1.98. The predicted octanol–water partition coefficient (Wildman–Crippen LogP) is 3.73. The van der Waals surface area contributed by atoms with E-state index < -0.39 is 9.96 Å². The van der Waals surface area contributed by atoms with Gasteiger partial charge in [0.2, 0.25) is 9.70 Å². The van der Waals surface area contributed by atoms with E-state index in [9.17, 15) is 9.90 Å². The van der Waals surface area contributed by atoms with Gasteiger partial charge in [-0.1, -0.05) is 71.2 Å². The summed E-state index contributed by atoms with van der Waals surface area (Å²) < 4.78 is -1.84. The van der Waals surface area contributed by atoms with E-state index in [1.54, 1.807) is 12.1 Å². The van der Waals surface area contributed by atoms with Crippen molar-refractivity contribution in [3.05, 3.63) is 60.2 Å². The van der Waals surface area contributed by atoms with Crippen LogP contribution in [0.2, 0.25) is 0 Å². The van der Waals surface area contributed by atoms with Gasteiger partial charge < -0.3 is 21.1 Å². The first kappa shape index (κ1) is 20.6. The molecule has 1 amide bonds. The van der Waals surface area contributed by atoms with Crippen molar-refractivity contribution in [2.45, 2.75) is 16.4 Å². The summed E-state index contributed by atoms with van der Waals surface area (Å²) in [6.07, 6.45) is -0.923. The molecule has 0 saturated carbocycles. The maximum atomic E-state index is 12.2. The second kappa shape index (κ2) is 9.28. The van der Waals surface area contributed by atoms with Crippen LogP contribution in [0.25, 0.3) is 0 Å². The first-order valence-corrected chi connectivity index (χ1v) is 9.05. The minimum absolute atomic E-state index is 0.0758. The largest absolute Gasteiger partial charge is 0.508 e. The zero-order valence-corrected chi connectivity index (χ0v) is 16.5. The number of alkyl halides is 3. The fraction of sp³-hybridized carbons (Fsp3) is 0.176. The van der Waals surface area contributed by atoms with Crippen molar-refractivity contribution in [2.24, 2.45) is 0 Å². The van der Waals surface area contributed by atoms with Gasteiger partial charge in [0.15, 0.2) is 5.11 Å². The van der Waals surface area contributed by atoms with Crippen molar-refractivity contribution >= 4 is 63.7 Å². The summed E-state index contributed by atoms with van der Waals surface area (Å²) in [5.41, 5.74) is 1.37. The number of phenols is 1. The first-order chi connectivity index (χ1) is 12.2. The molecule has 1 atom stereocenters. The lowest BCUT2D eigenvalue weighted by Gasteiger charge is -2.27. The fourth-order valence-electron chi connectivity index (χ4n) is 2.07. The van der Waals surface area contributed by atoms with Gasteiger partial charge in [0, 0.05) is 11.8 Å². The van der Waals surface area contributed by atoms with Gasteiger partial charge in [-0.25, -0.2) is 0 Å². The molecule has 0 heterocycles. The third kappa shape index (κ3) is 6.88. The van der Waals surface area contributed by atoms with Crippen LogP contribution < -0.4 is 16.0 Å². The number of aromatic hydroxyl groups is 1. The van der Waals surface area contributed by atoms with Gasteiger partial charge in [0.05, 0.1) is 6.42 Å². The van der Waals surface area contributed by atoms with Gasteiger partial charge in [-0.05, 0) is 29.9 Å². The van der Waals surface area contributed by atoms with Gasteiger partial charge in [-0.2, -0.15) is 0 Å². The number of hydrogen-bond acceptors (Lipinski definition) is 3. The summed E-state index contributed by atoms with van der Waals surface area (Å²) in [6.45, 7) is 0. The molecule has 0 aromatic heterocycles. The van der Waals surface area contributed by atoms with Crippen molar-refractivity contribution < 1.29 is 9.90 Å². The van der Waals surface area contributed by atoms with E-state index in [1.165, 1.54) is 12.1 Å². The molecule has 2 rings (SSSR count). The number of anilines is 1. The van der Waals surface area contributed by atoms with Gasteiger partial charge in [-0.15, -0.1) is 0 Å². The highest BCUT2D eigenvalue weighted by Gasteiger charge is 2.34. The number of amides is 1. The number of halogens is 3. The molecule has 138 valence electrons. The van der Waals surface area contributed by atoms with E-state index in [4.69, 9.17) is 47.0 Å². The number of nitrogens with one attached hydrogen (secondary N) is 3. The lowest BCUT2D eigenvalue weighted by atomic mass is 10.1. The maximum absolute atomic E-state index is 12.2. The second-order valence-electron chi connectivity index (χ2n) is 5.35. The maximum Gasteiger partial charge on any atom is 0.228 e. The molecule has 0 aliphatic rings. The highest BCUT2D eigenvalue weighted by Crippen LogP contribution is 2.29. The van der Waals surface area contributed by atoms with Crippen LogP contribution in [-0.4, -0.2) is 26.1 Å². The molecule has 0 spiro atoms. The summed E-state index contributed by atoms with van der Waals surface area (Å²) in [5.74, 6) is -0.257. The van der Waals surface area contributed by atoms with Crippen LogP contribution in [0.1, 0.15) is 5.56 Å². The van der Waals surface area contributed by atoms with E-state index in [1.807, 2.05) is 30.3 Å².